The van der Waals surface area contributed by atoms with Gasteiger partial charge in [0.05, 0.1) is 7.11 Å². The Morgan fingerprint density at radius 3 is 2.82 bits per heavy atom. The van der Waals surface area contributed by atoms with Crippen molar-refractivity contribution in [2.75, 3.05) is 17.9 Å². The Morgan fingerprint density at radius 1 is 1.21 bits per heavy atom. The van der Waals surface area contributed by atoms with Crippen molar-refractivity contribution in [1.29, 1.82) is 0 Å². The van der Waals surface area contributed by atoms with E-state index in [0.29, 0.717) is 28.9 Å². The lowest BCUT2D eigenvalue weighted by molar-refractivity contribution is 0.413. The Morgan fingerprint density at radius 2 is 2.03 bits per heavy atom. The van der Waals surface area contributed by atoms with E-state index < -0.39 is 5.76 Å². The topological polar surface area (TPSA) is 106 Å². The number of anilines is 3. The highest BCUT2D eigenvalue weighted by Crippen LogP contribution is 2.29. The lowest BCUT2D eigenvalue weighted by atomic mass is 10.1. The summed E-state index contributed by atoms with van der Waals surface area (Å²) in [5, 5.41) is 6.87. The van der Waals surface area contributed by atoms with Gasteiger partial charge in [0.25, 0.3) is 0 Å². The van der Waals surface area contributed by atoms with Crippen molar-refractivity contribution in [3.63, 3.8) is 0 Å². The SMILES string of the molecule is COc1cc(Nc2ncc(C)c(Nn3c(=O)oc4ccccc43)n2)cc(C(C)NC2CC2)c1. The molecule has 9 nitrogen and oxygen atoms in total. The number of para-hydroxylation sites is 2. The standard InChI is InChI=1S/C24H26N6O3/c1-14-13-25-23(28-22(14)29-30-20-6-4-5-7-21(20)33-24(30)31)27-18-10-16(11-19(12-18)32-3)15(2)26-17-8-9-17/h4-7,10-13,15,17,26H,8-9H2,1-3H3,(H2,25,27,28,29). The average Bonchev–Trinajstić information content (AvgIpc) is 3.57. The van der Waals surface area contributed by atoms with Crippen molar-refractivity contribution in [1.82, 2.24) is 20.0 Å². The molecule has 170 valence electrons. The number of benzene rings is 2. The van der Waals surface area contributed by atoms with Crippen molar-refractivity contribution in [3.05, 3.63) is 70.3 Å². The number of aryl methyl sites for hydroxylation is 1. The quantitative estimate of drug-likeness (QED) is 0.371. The van der Waals surface area contributed by atoms with Gasteiger partial charge in [0.1, 0.15) is 11.3 Å². The van der Waals surface area contributed by atoms with Crippen LogP contribution in [0.25, 0.3) is 11.1 Å². The second kappa shape index (κ2) is 8.59. The molecule has 0 saturated heterocycles. The zero-order valence-electron chi connectivity index (χ0n) is 18.8. The van der Waals surface area contributed by atoms with E-state index in [1.54, 1.807) is 25.4 Å². The number of methoxy groups -OCH3 is 1. The fraction of sp³-hybridized carbons (Fsp3) is 0.292. The van der Waals surface area contributed by atoms with Crippen LogP contribution in [0.1, 0.15) is 36.9 Å². The first kappa shape index (κ1) is 21.0. The van der Waals surface area contributed by atoms with Gasteiger partial charge in [-0.3, -0.25) is 5.43 Å². The molecule has 2 heterocycles. The van der Waals surface area contributed by atoms with Crippen molar-refractivity contribution < 1.29 is 9.15 Å². The summed E-state index contributed by atoms with van der Waals surface area (Å²) >= 11 is 0. The predicted octanol–water partition coefficient (Wildman–Crippen LogP) is 4.13. The average molecular weight is 447 g/mol. The number of nitrogens with one attached hydrogen (secondary N) is 3. The predicted molar refractivity (Wildman–Crippen MR) is 127 cm³/mol. The van der Waals surface area contributed by atoms with Crippen LogP contribution in [0.5, 0.6) is 5.75 Å². The van der Waals surface area contributed by atoms with E-state index in [9.17, 15) is 4.79 Å². The van der Waals surface area contributed by atoms with Crippen LogP contribution in [0.15, 0.2) is 57.9 Å². The zero-order chi connectivity index (χ0) is 22.9. The summed E-state index contributed by atoms with van der Waals surface area (Å²) < 4.78 is 12.1. The summed E-state index contributed by atoms with van der Waals surface area (Å²) in [7, 11) is 1.65. The highest BCUT2D eigenvalue weighted by Gasteiger charge is 2.23. The smallest absolute Gasteiger partial charge is 0.439 e. The van der Waals surface area contributed by atoms with Crippen LogP contribution in [-0.4, -0.2) is 27.8 Å². The molecule has 9 heteroatoms. The Labute approximate surface area is 190 Å². The normalized spacial score (nSPS) is 14.3. The van der Waals surface area contributed by atoms with Crippen LogP contribution < -0.4 is 26.6 Å². The van der Waals surface area contributed by atoms with Gasteiger partial charge in [-0.1, -0.05) is 12.1 Å². The fourth-order valence-corrected chi connectivity index (χ4v) is 3.68. The third-order valence-corrected chi connectivity index (χ3v) is 5.66. The molecular weight excluding hydrogens is 420 g/mol. The summed E-state index contributed by atoms with van der Waals surface area (Å²) in [5.74, 6) is 1.12. The van der Waals surface area contributed by atoms with E-state index in [2.05, 4.69) is 39.0 Å². The van der Waals surface area contributed by atoms with Crippen molar-refractivity contribution in [3.8, 4) is 5.75 Å². The molecule has 1 unspecified atom stereocenters. The maximum atomic E-state index is 12.3. The van der Waals surface area contributed by atoms with Gasteiger partial charge in [0.2, 0.25) is 5.95 Å². The molecule has 1 atom stereocenters. The minimum absolute atomic E-state index is 0.200. The fourth-order valence-electron chi connectivity index (χ4n) is 3.68. The summed E-state index contributed by atoms with van der Waals surface area (Å²) in [4.78, 5) is 21.3. The van der Waals surface area contributed by atoms with Crippen LogP contribution in [0, 0.1) is 6.92 Å². The molecule has 0 spiro atoms. The van der Waals surface area contributed by atoms with Gasteiger partial charge in [0, 0.05) is 35.6 Å². The molecule has 1 aliphatic rings. The van der Waals surface area contributed by atoms with E-state index in [4.69, 9.17) is 9.15 Å². The molecule has 2 aromatic heterocycles. The molecule has 5 rings (SSSR count). The Hall–Kier alpha value is -3.85. The number of rotatable bonds is 8. The lowest BCUT2D eigenvalue weighted by Crippen LogP contribution is -2.23. The van der Waals surface area contributed by atoms with Crippen molar-refractivity contribution in [2.24, 2.45) is 0 Å². The number of aromatic nitrogens is 3. The molecule has 0 amide bonds. The first-order valence-corrected chi connectivity index (χ1v) is 10.9. The molecule has 0 bridgehead atoms. The van der Waals surface area contributed by atoms with Gasteiger partial charge in [-0.15, -0.1) is 0 Å². The number of nitrogens with zero attached hydrogens (tertiary/aromatic N) is 3. The molecule has 0 aliphatic heterocycles. The third-order valence-electron chi connectivity index (χ3n) is 5.66. The van der Waals surface area contributed by atoms with Crippen LogP contribution in [-0.2, 0) is 0 Å². The first-order valence-electron chi connectivity index (χ1n) is 10.9. The van der Waals surface area contributed by atoms with Gasteiger partial charge in [-0.05, 0) is 56.5 Å². The van der Waals surface area contributed by atoms with E-state index in [1.165, 1.54) is 17.5 Å². The van der Waals surface area contributed by atoms with Crippen molar-refractivity contribution >= 4 is 28.6 Å². The molecule has 1 fully saturated rings. The van der Waals surface area contributed by atoms with Crippen LogP contribution in [0.2, 0.25) is 0 Å². The number of ether oxygens (including phenoxy) is 1. The van der Waals surface area contributed by atoms with E-state index in [1.807, 2.05) is 31.2 Å². The van der Waals surface area contributed by atoms with Gasteiger partial charge >= 0.3 is 5.76 Å². The van der Waals surface area contributed by atoms with E-state index in [0.717, 1.165) is 22.6 Å². The van der Waals surface area contributed by atoms with Gasteiger partial charge in [-0.25, -0.2) is 9.78 Å². The maximum absolute atomic E-state index is 12.3. The molecule has 1 saturated carbocycles. The van der Waals surface area contributed by atoms with Gasteiger partial charge in [-0.2, -0.15) is 9.66 Å². The zero-order valence-corrected chi connectivity index (χ0v) is 18.8. The van der Waals surface area contributed by atoms with Crippen LogP contribution >= 0.6 is 0 Å². The summed E-state index contributed by atoms with van der Waals surface area (Å²) in [6.07, 6.45) is 4.15. The molecule has 2 aromatic carbocycles. The van der Waals surface area contributed by atoms with Gasteiger partial charge < -0.3 is 19.8 Å². The highest BCUT2D eigenvalue weighted by molar-refractivity contribution is 5.73. The number of hydrogen-bond donors (Lipinski definition) is 3. The molecule has 33 heavy (non-hydrogen) atoms. The molecule has 3 N–H and O–H groups in total. The monoisotopic (exact) mass is 446 g/mol. The summed E-state index contributed by atoms with van der Waals surface area (Å²) in [6, 6.07) is 14.0. The summed E-state index contributed by atoms with van der Waals surface area (Å²) in [6.45, 7) is 4.02. The molecular formula is C24H26N6O3. The van der Waals surface area contributed by atoms with Crippen molar-refractivity contribution in [2.45, 2.75) is 38.8 Å². The van der Waals surface area contributed by atoms with Crippen LogP contribution in [0.4, 0.5) is 17.5 Å². The second-order valence-electron chi connectivity index (χ2n) is 8.29. The van der Waals surface area contributed by atoms with E-state index in [-0.39, 0.29) is 6.04 Å². The Balaban J connectivity index is 1.42. The summed E-state index contributed by atoms with van der Waals surface area (Å²) in [5.41, 5.74) is 6.90. The highest BCUT2D eigenvalue weighted by atomic mass is 16.5. The largest absolute Gasteiger partial charge is 0.497 e. The minimum atomic E-state index is -0.515. The lowest BCUT2D eigenvalue weighted by Gasteiger charge is -2.17. The molecule has 1 aliphatic carbocycles. The minimum Gasteiger partial charge on any atom is -0.497 e. The molecule has 4 aromatic rings. The Kier molecular flexibility index (Phi) is 5.47. The Bertz CT molecular complexity index is 1360. The van der Waals surface area contributed by atoms with Gasteiger partial charge in [0.15, 0.2) is 11.4 Å². The first-order chi connectivity index (χ1) is 16.0. The van der Waals surface area contributed by atoms with Crippen LogP contribution in [0.3, 0.4) is 0 Å². The molecule has 0 radical (unpaired) electrons. The van der Waals surface area contributed by atoms with E-state index >= 15 is 0 Å². The number of fused-ring (bicyclic) bond motifs is 1. The number of hydrogen-bond acceptors (Lipinski definition) is 8. The maximum Gasteiger partial charge on any atom is 0.439 e. The second-order valence-corrected chi connectivity index (χ2v) is 8.29. The third kappa shape index (κ3) is 4.54. The number of oxazole rings is 1.